The third-order valence-corrected chi connectivity index (χ3v) is 4.29. The van der Waals surface area contributed by atoms with Gasteiger partial charge in [0.25, 0.3) is 5.91 Å². The highest BCUT2D eigenvalue weighted by Gasteiger charge is 2.19. The van der Waals surface area contributed by atoms with Gasteiger partial charge in [-0.1, -0.05) is 0 Å². The second-order valence-corrected chi connectivity index (χ2v) is 5.72. The molecule has 1 aliphatic rings. The van der Waals surface area contributed by atoms with Crippen molar-refractivity contribution >= 4 is 23.2 Å². The molecule has 2 rings (SSSR count). The van der Waals surface area contributed by atoms with Gasteiger partial charge in [-0.05, 0) is 18.1 Å². The molecule has 0 spiro atoms. The van der Waals surface area contributed by atoms with Gasteiger partial charge in [0.1, 0.15) is 0 Å². The molecule has 0 saturated carbocycles. The molecule has 104 valence electrons. The molecular formula is C13H17NO4S. The molecule has 5 nitrogen and oxygen atoms in total. The van der Waals surface area contributed by atoms with E-state index in [1.807, 2.05) is 6.07 Å². The van der Waals surface area contributed by atoms with Crippen LogP contribution in [-0.4, -0.2) is 42.1 Å². The van der Waals surface area contributed by atoms with Crippen LogP contribution in [0.25, 0.3) is 0 Å². The lowest BCUT2D eigenvalue weighted by Crippen LogP contribution is -2.27. The number of ether oxygens (including phenoxy) is 1. The summed E-state index contributed by atoms with van der Waals surface area (Å²) in [6.07, 6.45) is 1.44. The van der Waals surface area contributed by atoms with Gasteiger partial charge >= 0.3 is 5.97 Å². The number of fused-ring (bicyclic) bond motifs is 1. The topological polar surface area (TPSA) is 66.8 Å². The number of carboxylic acid groups (broad SMARTS) is 1. The van der Waals surface area contributed by atoms with Gasteiger partial charge in [0.15, 0.2) is 0 Å². The van der Waals surface area contributed by atoms with Crippen molar-refractivity contribution in [2.24, 2.45) is 0 Å². The van der Waals surface area contributed by atoms with E-state index in [0.29, 0.717) is 24.4 Å². The van der Waals surface area contributed by atoms with Crippen LogP contribution >= 0.6 is 11.3 Å². The fourth-order valence-corrected chi connectivity index (χ4v) is 3.15. The third kappa shape index (κ3) is 3.54. The van der Waals surface area contributed by atoms with Crippen LogP contribution in [0.2, 0.25) is 0 Å². The number of carboxylic acids is 1. The average molecular weight is 283 g/mol. The Hall–Kier alpha value is -1.40. The van der Waals surface area contributed by atoms with Crippen molar-refractivity contribution in [3.63, 3.8) is 0 Å². The van der Waals surface area contributed by atoms with E-state index in [1.165, 1.54) is 16.2 Å². The molecule has 0 atom stereocenters. The van der Waals surface area contributed by atoms with Crippen LogP contribution < -0.4 is 0 Å². The van der Waals surface area contributed by atoms with Crippen molar-refractivity contribution in [3.05, 3.63) is 21.4 Å². The minimum atomic E-state index is -0.829. The van der Waals surface area contributed by atoms with E-state index in [2.05, 4.69) is 0 Å². The zero-order valence-corrected chi connectivity index (χ0v) is 11.7. The molecule has 0 radical (unpaired) electrons. The number of aliphatic carboxylic acids is 1. The molecule has 19 heavy (non-hydrogen) atoms. The van der Waals surface area contributed by atoms with Gasteiger partial charge in [0.05, 0.1) is 18.1 Å². The van der Waals surface area contributed by atoms with Crippen LogP contribution in [0.4, 0.5) is 0 Å². The van der Waals surface area contributed by atoms with Gasteiger partial charge in [0.2, 0.25) is 0 Å². The monoisotopic (exact) mass is 283 g/mol. The first-order chi connectivity index (χ1) is 9.08. The molecule has 2 heterocycles. The molecule has 1 aromatic rings. The average Bonchev–Trinajstić information content (AvgIpc) is 2.80. The summed E-state index contributed by atoms with van der Waals surface area (Å²) in [7, 11) is 1.71. The Morgan fingerprint density at radius 1 is 1.53 bits per heavy atom. The van der Waals surface area contributed by atoms with Crippen LogP contribution in [-0.2, 0) is 22.6 Å². The number of hydrogen-bond donors (Lipinski definition) is 1. The standard InChI is InChI=1S/C13H17NO4S/c1-14(5-2-3-12(15)16)13(17)11-7-9-8-18-6-4-10(9)19-11/h7H,2-6,8H2,1H3,(H,15,16). The molecule has 1 aliphatic heterocycles. The summed E-state index contributed by atoms with van der Waals surface area (Å²) in [6, 6.07) is 1.90. The Bertz CT molecular complexity index is 459. The minimum Gasteiger partial charge on any atom is -0.481 e. The van der Waals surface area contributed by atoms with E-state index in [0.717, 1.165) is 18.6 Å². The molecule has 0 bridgehead atoms. The normalized spacial score (nSPS) is 13.9. The van der Waals surface area contributed by atoms with Gasteiger partial charge in [-0.3, -0.25) is 9.59 Å². The van der Waals surface area contributed by atoms with E-state index in [9.17, 15) is 9.59 Å². The van der Waals surface area contributed by atoms with Gasteiger partial charge in [0, 0.05) is 31.3 Å². The molecule has 0 fully saturated rings. The van der Waals surface area contributed by atoms with Crippen molar-refractivity contribution in [1.29, 1.82) is 0 Å². The predicted octanol–water partition coefficient (Wildman–Crippen LogP) is 1.76. The first-order valence-corrected chi connectivity index (χ1v) is 7.06. The SMILES string of the molecule is CN(CCCC(=O)O)C(=O)c1cc2c(s1)CCOC2. The number of amides is 1. The Kier molecular flexibility index (Phi) is 4.55. The van der Waals surface area contributed by atoms with E-state index < -0.39 is 5.97 Å². The smallest absolute Gasteiger partial charge is 0.303 e. The zero-order chi connectivity index (χ0) is 13.8. The lowest BCUT2D eigenvalue weighted by molar-refractivity contribution is -0.137. The quantitative estimate of drug-likeness (QED) is 0.894. The summed E-state index contributed by atoms with van der Waals surface area (Å²) in [5, 5.41) is 8.58. The Labute approximate surface area is 115 Å². The Morgan fingerprint density at radius 2 is 2.32 bits per heavy atom. The van der Waals surface area contributed by atoms with E-state index in [-0.39, 0.29) is 12.3 Å². The molecule has 0 aliphatic carbocycles. The Balaban J connectivity index is 1.95. The minimum absolute atomic E-state index is 0.0372. The summed E-state index contributed by atoms with van der Waals surface area (Å²) in [4.78, 5) is 26.2. The molecule has 0 aromatic carbocycles. The van der Waals surface area contributed by atoms with E-state index in [4.69, 9.17) is 9.84 Å². The highest BCUT2D eigenvalue weighted by molar-refractivity contribution is 7.14. The predicted molar refractivity (Wildman–Crippen MR) is 71.5 cm³/mol. The summed E-state index contributed by atoms with van der Waals surface area (Å²) >= 11 is 1.52. The van der Waals surface area contributed by atoms with Crippen molar-refractivity contribution in [1.82, 2.24) is 4.90 Å². The van der Waals surface area contributed by atoms with Crippen LogP contribution in [0.5, 0.6) is 0 Å². The number of carbonyl (C=O) groups is 2. The summed E-state index contributed by atoms with van der Waals surface area (Å²) < 4.78 is 5.36. The van der Waals surface area contributed by atoms with Gasteiger partial charge < -0.3 is 14.7 Å². The first kappa shape index (κ1) is 14.0. The fourth-order valence-electron chi connectivity index (χ4n) is 2.01. The third-order valence-electron chi connectivity index (χ3n) is 3.07. The maximum atomic E-state index is 12.2. The fraction of sp³-hybridized carbons (Fsp3) is 0.538. The number of carbonyl (C=O) groups excluding carboxylic acids is 1. The van der Waals surface area contributed by atoms with Crippen molar-refractivity contribution < 1.29 is 19.4 Å². The van der Waals surface area contributed by atoms with E-state index >= 15 is 0 Å². The summed E-state index contributed by atoms with van der Waals surface area (Å²) in [5.41, 5.74) is 1.11. The second kappa shape index (κ2) is 6.16. The number of hydrogen-bond acceptors (Lipinski definition) is 4. The molecule has 1 N–H and O–H groups in total. The molecule has 0 saturated heterocycles. The molecule has 1 aromatic heterocycles. The van der Waals surface area contributed by atoms with E-state index in [1.54, 1.807) is 11.9 Å². The van der Waals surface area contributed by atoms with Crippen LogP contribution in [0.15, 0.2) is 6.07 Å². The number of rotatable bonds is 5. The number of thiophene rings is 1. The van der Waals surface area contributed by atoms with Gasteiger partial charge in [-0.25, -0.2) is 0 Å². The zero-order valence-electron chi connectivity index (χ0n) is 10.8. The molecule has 1 amide bonds. The Morgan fingerprint density at radius 3 is 3.00 bits per heavy atom. The van der Waals surface area contributed by atoms with Crippen LogP contribution in [0, 0.1) is 0 Å². The van der Waals surface area contributed by atoms with Crippen molar-refractivity contribution in [3.8, 4) is 0 Å². The maximum Gasteiger partial charge on any atom is 0.303 e. The van der Waals surface area contributed by atoms with Crippen LogP contribution in [0.3, 0.4) is 0 Å². The first-order valence-electron chi connectivity index (χ1n) is 6.24. The highest BCUT2D eigenvalue weighted by Crippen LogP contribution is 2.27. The molecule has 6 heteroatoms. The molecule has 0 unspecified atom stereocenters. The second-order valence-electron chi connectivity index (χ2n) is 4.59. The van der Waals surface area contributed by atoms with Gasteiger partial charge in [-0.2, -0.15) is 0 Å². The van der Waals surface area contributed by atoms with Gasteiger partial charge in [-0.15, -0.1) is 11.3 Å². The van der Waals surface area contributed by atoms with Crippen molar-refractivity contribution in [2.45, 2.75) is 25.9 Å². The lowest BCUT2D eigenvalue weighted by Gasteiger charge is -2.15. The molecular weight excluding hydrogens is 266 g/mol. The largest absolute Gasteiger partial charge is 0.481 e. The maximum absolute atomic E-state index is 12.2. The number of nitrogens with zero attached hydrogens (tertiary/aromatic N) is 1. The summed E-state index contributed by atoms with van der Waals surface area (Å²) in [5.74, 6) is -0.866. The van der Waals surface area contributed by atoms with Crippen LogP contribution in [0.1, 0.15) is 33.0 Å². The highest BCUT2D eigenvalue weighted by atomic mass is 32.1. The summed E-state index contributed by atoms with van der Waals surface area (Å²) in [6.45, 7) is 1.77. The lowest BCUT2D eigenvalue weighted by atomic mass is 10.2. The van der Waals surface area contributed by atoms with Crippen molar-refractivity contribution in [2.75, 3.05) is 20.2 Å².